The Morgan fingerprint density at radius 3 is 2.54 bits per heavy atom. The van der Waals surface area contributed by atoms with Gasteiger partial charge in [-0.25, -0.2) is 4.98 Å². The van der Waals surface area contributed by atoms with Crippen molar-refractivity contribution in [2.24, 2.45) is 5.73 Å². The smallest absolute Gasteiger partial charge is 0.268 e. The third-order valence-corrected chi connectivity index (χ3v) is 7.41. The summed E-state index contributed by atoms with van der Waals surface area (Å²) in [7, 11) is 0. The first-order valence-electron chi connectivity index (χ1n) is 12.2. The number of hydrogen-bond acceptors (Lipinski definition) is 6. The van der Waals surface area contributed by atoms with E-state index in [9.17, 15) is 14.4 Å². The summed E-state index contributed by atoms with van der Waals surface area (Å²) in [4.78, 5) is 43.2. The molecule has 0 aliphatic heterocycles. The Morgan fingerprint density at radius 2 is 1.77 bits per heavy atom. The van der Waals surface area contributed by atoms with Crippen molar-refractivity contribution in [1.82, 2.24) is 9.55 Å². The standard InChI is InChI=1S/C29H24ClN5O3S/c30-20-8-4-7-19(15-20)25-11-12-26(39-25)28(38)34-29-33-22-16-21(9-10-23(22)35(29)14-13-27(31)37)32-17-24(36)18-5-2-1-3-6-18/h1-12,15-16,32H,13-14,17H2,(H2,31,37)(H,33,34,38). The first kappa shape index (κ1) is 26.1. The lowest BCUT2D eigenvalue weighted by Crippen LogP contribution is -2.18. The number of Topliss-reactive ketones (excluding diaryl/α,β-unsaturated/α-hetero) is 1. The van der Waals surface area contributed by atoms with Gasteiger partial charge in [0.25, 0.3) is 5.91 Å². The lowest BCUT2D eigenvalue weighted by Gasteiger charge is -2.09. The average Bonchev–Trinajstić information content (AvgIpc) is 3.56. The number of anilines is 2. The maximum absolute atomic E-state index is 13.2. The van der Waals surface area contributed by atoms with Gasteiger partial charge in [-0.2, -0.15) is 0 Å². The van der Waals surface area contributed by atoms with Crippen molar-refractivity contribution in [3.63, 3.8) is 0 Å². The van der Waals surface area contributed by atoms with Crippen LogP contribution in [-0.2, 0) is 11.3 Å². The second-order valence-electron chi connectivity index (χ2n) is 8.78. The molecule has 8 nitrogen and oxygen atoms in total. The molecule has 196 valence electrons. The zero-order chi connectivity index (χ0) is 27.4. The van der Waals surface area contributed by atoms with Crippen molar-refractivity contribution in [2.45, 2.75) is 13.0 Å². The largest absolute Gasteiger partial charge is 0.378 e. The van der Waals surface area contributed by atoms with Crippen molar-refractivity contribution in [1.29, 1.82) is 0 Å². The van der Waals surface area contributed by atoms with Gasteiger partial charge in [-0.15, -0.1) is 11.3 Å². The van der Waals surface area contributed by atoms with Crippen LogP contribution in [0.25, 0.3) is 21.5 Å². The number of primary amides is 1. The zero-order valence-electron chi connectivity index (χ0n) is 20.7. The number of nitrogens with one attached hydrogen (secondary N) is 2. The number of aromatic nitrogens is 2. The first-order valence-corrected chi connectivity index (χ1v) is 13.3. The fourth-order valence-electron chi connectivity index (χ4n) is 4.11. The van der Waals surface area contributed by atoms with Crippen LogP contribution in [-0.4, -0.2) is 33.7 Å². The Balaban J connectivity index is 1.37. The van der Waals surface area contributed by atoms with E-state index in [2.05, 4.69) is 15.6 Å². The van der Waals surface area contributed by atoms with Gasteiger partial charge in [-0.05, 0) is 48.0 Å². The third kappa shape index (κ3) is 6.17. The van der Waals surface area contributed by atoms with Crippen LogP contribution in [0.5, 0.6) is 0 Å². The molecule has 5 aromatic rings. The van der Waals surface area contributed by atoms with Crippen LogP contribution in [0.4, 0.5) is 11.6 Å². The molecule has 0 unspecified atom stereocenters. The molecular formula is C29H24ClN5O3S. The number of ketones is 1. The summed E-state index contributed by atoms with van der Waals surface area (Å²) in [6.45, 7) is 0.369. The Morgan fingerprint density at radius 1 is 0.949 bits per heavy atom. The van der Waals surface area contributed by atoms with Gasteiger partial charge in [-0.1, -0.05) is 54.1 Å². The molecule has 2 aromatic heterocycles. The van der Waals surface area contributed by atoms with Crippen LogP contribution >= 0.6 is 22.9 Å². The van der Waals surface area contributed by atoms with Gasteiger partial charge in [0, 0.05) is 34.1 Å². The fourth-order valence-corrected chi connectivity index (χ4v) is 5.20. The Hall–Kier alpha value is -4.47. The van der Waals surface area contributed by atoms with Gasteiger partial charge in [0.05, 0.1) is 22.5 Å². The molecule has 0 aliphatic rings. The van der Waals surface area contributed by atoms with E-state index < -0.39 is 5.91 Å². The highest BCUT2D eigenvalue weighted by atomic mass is 35.5. The molecular weight excluding hydrogens is 534 g/mol. The van der Waals surface area contributed by atoms with Crippen LogP contribution < -0.4 is 16.4 Å². The molecule has 5 rings (SSSR count). The lowest BCUT2D eigenvalue weighted by atomic mass is 10.1. The number of nitrogens with two attached hydrogens (primary N) is 1. The highest BCUT2D eigenvalue weighted by Gasteiger charge is 2.17. The molecule has 0 atom stereocenters. The number of halogens is 1. The van der Waals surface area contributed by atoms with Crippen LogP contribution in [0.3, 0.4) is 0 Å². The SMILES string of the molecule is NC(=O)CCn1c(NC(=O)c2ccc(-c3cccc(Cl)c3)s2)nc2cc(NCC(=O)c3ccccc3)ccc21. The topological polar surface area (TPSA) is 119 Å². The monoisotopic (exact) mass is 557 g/mol. The minimum absolute atomic E-state index is 0.0382. The number of amides is 2. The Kier molecular flexibility index (Phi) is 7.72. The molecule has 0 spiro atoms. The molecule has 2 amide bonds. The molecule has 39 heavy (non-hydrogen) atoms. The summed E-state index contributed by atoms with van der Waals surface area (Å²) >= 11 is 7.45. The van der Waals surface area contributed by atoms with Crippen LogP contribution in [0, 0.1) is 0 Å². The summed E-state index contributed by atoms with van der Waals surface area (Å²) in [6, 6.07) is 25.6. The second kappa shape index (κ2) is 11.5. The lowest BCUT2D eigenvalue weighted by molar-refractivity contribution is -0.118. The predicted molar refractivity (Wildman–Crippen MR) is 156 cm³/mol. The summed E-state index contributed by atoms with van der Waals surface area (Å²) < 4.78 is 1.75. The molecule has 0 saturated heterocycles. The number of thiophene rings is 1. The number of carbonyl (C=O) groups is 3. The number of fused-ring (bicyclic) bond motifs is 1. The fraction of sp³-hybridized carbons (Fsp3) is 0.103. The van der Waals surface area contributed by atoms with Crippen molar-refractivity contribution < 1.29 is 14.4 Å². The molecule has 10 heteroatoms. The third-order valence-electron chi connectivity index (χ3n) is 6.04. The minimum Gasteiger partial charge on any atom is -0.378 e. The van der Waals surface area contributed by atoms with E-state index in [0.717, 1.165) is 16.0 Å². The molecule has 0 fully saturated rings. The van der Waals surface area contributed by atoms with E-state index in [1.165, 1.54) is 11.3 Å². The van der Waals surface area contributed by atoms with E-state index in [-0.39, 0.29) is 31.2 Å². The molecule has 0 bridgehead atoms. The van der Waals surface area contributed by atoms with Gasteiger partial charge < -0.3 is 15.6 Å². The van der Waals surface area contributed by atoms with Crippen LogP contribution in [0.1, 0.15) is 26.5 Å². The molecule has 3 aromatic carbocycles. The van der Waals surface area contributed by atoms with Crippen LogP contribution in [0.15, 0.2) is 84.9 Å². The zero-order valence-corrected chi connectivity index (χ0v) is 22.3. The van der Waals surface area contributed by atoms with Gasteiger partial charge in [-0.3, -0.25) is 19.7 Å². The van der Waals surface area contributed by atoms with Gasteiger partial charge >= 0.3 is 0 Å². The number of imidazole rings is 1. The van der Waals surface area contributed by atoms with E-state index in [0.29, 0.717) is 32.6 Å². The number of benzene rings is 3. The number of carbonyl (C=O) groups excluding carboxylic acids is 3. The average molecular weight is 558 g/mol. The Bertz CT molecular complexity index is 1680. The van der Waals surface area contributed by atoms with E-state index in [4.69, 9.17) is 17.3 Å². The minimum atomic E-state index is -0.462. The highest BCUT2D eigenvalue weighted by molar-refractivity contribution is 7.17. The van der Waals surface area contributed by atoms with E-state index in [1.54, 1.807) is 34.9 Å². The van der Waals surface area contributed by atoms with E-state index in [1.807, 2.05) is 54.6 Å². The van der Waals surface area contributed by atoms with Gasteiger partial charge in [0.2, 0.25) is 11.9 Å². The van der Waals surface area contributed by atoms with Crippen molar-refractivity contribution in [3.05, 3.63) is 100 Å². The second-order valence-corrected chi connectivity index (χ2v) is 10.3. The molecule has 2 heterocycles. The number of hydrogen-bond donors (Lipinski definition) is 3. The van der Waals surface area contributed by atoms with Crippen molar-refractivity contribution in [2.75, 3.05) is 17.2 Å². The number of nitrogens with zero attached hydrogens (tertiary/aromatic N) is 2. The normalized spacial score (nSPS) is 10.9. The maximum atomic E-state index is 13.2. The quantitative estimate of drug-likeness (QED) is 0.186. The van der Waals surface area contributed by atoms with Crippen LogP contribution in [0.2, 0.25) is 5.02 Å². The summed E-state index contributed by atoms with van der Waals surface area (Å²) in [5, 5.41) is 6.63. The van der Waals surface area contributed by atoms with Crippen molar-refractivity contribution >= 4 is 63.2 Å². The Labute approximate surface area is 233 Å². The summed E-state index contributed by atoms with van der Waals surface area (Å²) in [6.07, 6.45) is 0.0812. The maximum Gasteiger partial charge on any atom is 0.268 e. The molecule has 4 N–H and O–H groups in total. The first-order chi connectivity index (χ1) is 18.9. The molecule has 0 aliphatic carbocycles. The highest BCUT2D eigenvalue weighted by Crippen LogP contribution is 2.31. The summed E-state index contributed by atoms with van der Waals surface area (Å²) in [5.74, 6) is -0.526. The van der Waals surface area contributed by atoms with Gasteiger partial charge in [0.15, 0.2) is 5.78 Å². The number of rotatable bonds is 10. The predicted octanol–water partition coefficient (Wildman–Crippen LogP) is 5.84. The van der Waals surface area contributed by atoms with Crippen molar-refractivity contribution in [3.8, 4) is 10.4 Å². The molecule has 0 radical (unpaired) electrons. The summed E-state index contributed by atoms with van der Waals surface area (Å²) in [5.41, 5.74) is 8.96. The molecule has 0 saturated carbocycles. The van der Waals surface area contributed by atoms with Gasteiger partial charge in [0.1, 0.15) is 0 Å². The van der Waals surface area contributed by atoms with E-state index >= 15 is 0 Å². The number of aryl methyl sites for hydroxylation is 1.